The number of likely N-dealkylation sites (tertiary alicyclic amines) is 1. The zero-order valence-corrected chi connectivity index (χ0v) is 28.7. The SMILES string of the molecule is Cc1c(CN2CCC(Nc3ncnc4sc(CC(F)(F)F)cc34)CC2)ccc2c1cc(C#N)n2CC1(N2CCN(S(C)(=O)=O)CC2)CC1. The van der Waals surface area contributed by atoms with Crippen molar-refractivity contribution in [3.8, 4) is 6.07 Å². The van der Waals surface area contributed by atoms with Crippen molar-refractivity contribution in [2.45, 2.75) is 69.9 Å². The highest BCUT2D eigenvalue weighted by molar-refractivity contribution is 7.88. The minimum atomic E-state index is -4.26. The molecule has 2 saturated heterocycles. The van der Waals surface area contributed by atoms with E-state index in [9.17, 15) is 26.9 Å². The molecular weight excluding hydrogens is 662 g/mol. The van der Waals surface area contributed by atoms with Gasteiger partial charge in [-0.2, -0.15) is 22.7 Å². The molecule has 7 rings (SSSR count). The fourth-order valence-electron chi connectivity index (χ4n) is 7.44. The molecule has 1 N–H and O–H groups in total. The molecule has 3 fully saturated rings. The topological polar surface area (TPSA) is 110 Å². The van der Waals surface area contributed by atoms with Crippen LogP contribution in [0, 0.1) is 18.3 Å². The summed E-state index contributed by atoms with van der Waals surface area (Å²) < 4.78 is 66.6. The first-order valence-corrected chi connectivity index (χ1v) is 19.0. The lowest BCUT2D eigenvalue weighted by molar-refractivity contribution is -0.126. The number of halogens is 3. The summed E-state index contributed by atoms with van der Waals surface area (Å²) in [7, 11) is -3.19. The minimum Gasteiger partial charge on any atom is -0.367 e. The van der Waals surface area contributed by atoms with Gasteiger partial charge in [0.1, 0.15) is 28.7 Å². The number of aromatic nitrogens is 3. The van der Waals surface area contributed by atoms with Gasteiger partial charge in [0.2, 0.25) is 10.0 Å². The van der Waals surface area contributed by atoms with Gasteiger partial charge in [-0.3, -0.25) is 9.80 Å². The second-order valence-corrected chi connectivity index (χ2v) is 16.6. The van der Waals surface area contributed by atoms with Crippen molar-refractivity contribution in [3.05, 3.63) is 52.3 Å². The molecule has 48 heavy (non-hydrogen) atoms. The first kappa shape index (κ1) is 33.2. The quantitative estimate of drug-likeness (QED) is 0.257. The highest BCUT2D eigenvalue weighted by Gasteiger charge is 2.49. The zero-order valence-electron chi connectivity index (χ0n) is 27.1. The smallest absolute Gasteiger partial charge is 0.367 e. The molecular formula is C33H39F3N8O2S2. The average molecular weight is 701 g/mol. The van der Waals surface area contributed by atoms with Gasteiger partial charge in [0.25, 0.3) is 0 Å². The molecule has 15 heteroatoms. The number of hydrogen-bond acceptors (Lipinski definition) is 9. The first-order valence-electron chi connectivity index (χ1n) is 16.3. The number of nitrogens with zero attached hydrogens (tertiary/aromatic N) is 7. The van der Waals surface area contributed by atoms with Gasteiger partial charge in [-0.05, 0) is 61.9 Å². The van der Waals surface area contributed by atoms with E-state index < -0.39 is 22.6 Å². The molecule has 256 valence electrons. The molecule has 1 aromatic carbocycles. The van der Waals surface area contributed by atoms with E-state index in [2.05, 4.69) is 54.8 Å². The van der Waals surface area contributed by atoms with E-state index in [4.69, 9.17) is 0 Å². The van der Waals surface area contributed by atoms with Crippen LogP contribution in [0.4, 0.5) is 19.0 Å². The Labute approximate surface area is 282 Å². The molecule has 0 spiro atoms. The molecule has 3 aliphatic rings. The number of alkyl halides is 3. The number of hydrogen-bond donors (Lipinski definition) is 1. The third-order valence-electron chi connectivity index (χ3n) is 10.3. The number of fused-ring (bicyclic) bond motifs is 2. The molecule has 0 bridgehead atoms. The lowest BCUT2D eigenvalue weighted by atomic mass is 10.0. The number of rotatable bonds is 9. The number of piperazine rings is 1. The fourth-order valence-corrected chi connectivity index (χ4v) is 9.29. The Bertz CT molecular complexity index is 1980. The highest BCUT2D eigenvalue weighted by Crippen LogP contribution is 2.45. The maximum atomic E-state index is 13.0. The molecule has 0 radical (unpaired) electrons. The molecule has 4 aromatic rings. The number of sulfonamides is 1. The van der Waals surface area contributed by atoms with Gasteiger partial charge in [-0.1, -0.05) is 6.07 Å². The summed E-state index contributed by atoms with van der Waals surface area (Å²) in [5.74, 6) is 0.589. The van der Waals surface area contributed by atoms with Crippen molar-refractivity contribution in [2.24, 2.45) is 0 Å². The molecule has 0 amide bonds. The number of nitriles is 1. The van der Waals surface area contributed by atoms with E-state index in [1.807, 2.05) is 6.07 Å². The Morgan fingerprint density at radius 1 is 1.06 bits per heavy atom. The van der Waals surface area contributed by atoms with Gasteiger partial charge in [-0.15, -0.1) is 11.3 Å². The number of thiophene rings is 1. The number of aryl methyl sites for hydroxylation is 1. The summed E-state index contributed by atoms with van der Waals surface area (Å²) in [5.41, 5.74) is 4.05. The van der Waals surface area contributed by atoms with Gasteiger partial charge in [0, 0.05) is 79.7 Å². The number of anilines is 1. The first-order chi connectivity index (χ1) is 22.8. The normalized spacial score (nSPS) is 20.0. The van der Waals surface area contributed by atoms with E-state index in [0.717, 1.165) is 67.6 Å². The van der Waals surface area contributed by atoms with Crippen molar-refractivity contribution in [2.75, 3.05) is 50.8 Å². The Kier molecular flexibility index (Phi) is 8.68. The lowest BCUT2D eigenvalue weighted by Gasteiger charge is -2.39. The highest BCUT2D eigenvalue weighted by atomic mass is 32.2. The van der Waals surface area contributed by atoms with Gasteiger partial charge in [0.15, 0.2) is 0 Å². The Morgan fingerprint density at radius 3 is 2.44 bits per heavy atom. The van der Waals surface area contributed by atoms with Crippen LogP contribution in [0.5, 0.6) is 0 Å². The molecule has 1 aliphatic carbocycles. The summed E-state index contributed by atoms with van der Waals surface area (Å²) in [5, 5.41) is 15.3. The molecule has 3 aromatic heterocycles. The average Bonchev–Trinajstić information content (AvgIpc) is 3.57. The molecule has 5 heterocycles. The van der Waals surface area contributed by atoms with Crippen molar-refractivity contribution in [1.29, 1.82) is 5.26 Å². The predicted octanol–water partition coefficient (Wildman–Crippen LogP) is 5.12. The van der Waals surface area contributed by atoms with E-state index in [1.165, 1.54) is 23.7 Å². The maximum Gasteiger partial charge on any atom is 0.393 e. The van der Waals surface area contributed by atoms with Gasteiger partial charge < -0.3 is 9.88 Å². The van der Waals surface area contributed by atoms with Crippen molar-refractivity contribution >= 4 is 48.3 Å². The Balaban J connectivity index is 0.999. The van der Waals surface area contributed by atoms with Crippen LogP contribution in [0.3, 0.4) is 0 Å². The van der Waals surface area contributed by atoms with Crippen molar-refractivity contribution in [3.63, 3.8) is 0 Å². The fraction of sp³-hybridized carbons (Fsp3) is 0.545. The predicted molar refractivity (Wildman–Crippen MR) is 180 cm³/mol. The standard InChI is InChI=1S/C33H39F3N8O2S2/c1-22-23(19-41-9-5-24(6-10-41)40-30-28-16-26(17-33(34,35)36)47-31(28)39-21-38-30)3-4-29-27(22)15-25(18-37)44(29)20-32(7-8-32)42-11-13-43(14-12-42)48(2,45)46/h3-4,15-16,21,24H,5-14,17,19-20H2,1-2H3,(H,38,39,40). The van der Waals surface area contributed by atoms with Gasteiger partial charge in [-0.25, -0.2) is 18.4 Å². The Morgan fingerprint density at radius 2 is 1.79 bits per heavy atom. The second-order valence-electron chi connectivity index (χ2n) is 13.5. The molecule has 1 saturated carbocycles. The van der Waals surface area contributed by atoms with Crippen molar-refractivity contribution in [1.82, 2.24) is 28.6 Å². The van der Waals surface area contributed by atoms with Crippen LogP contribution in [0.2, 0.25) is 0 Å². The Hall–Kier alpha value is -3.29. The number of benzene rings is 1. The molecule has 0 unspecified atom stereocenters. The largest absolute Gasteiger partial charge is 0.393 e. The van der Waals surface area contributed by atoms with E-state index in [0.29, 0.717) is 54.5 Å². The second kappa shape index (κ2) is 12.5. The van der Waals surface area contributed by atoms with Crippen LogP contribution in [0.1, 0.15) is 47.4 Å². The third-order valence-corrected chi connectivity index (χ3v) is 12.7. The molecule has 0 atom stereocenters. The summed E-state index contributed by atoms with van der Waals surface area (Å²) >= 11 is 1.06. The van der Waals surface area contributed by atoms with Gasteiger partial charge >= 0.3 is 6.18 Å². The summed E-state index contributed by atoms with van der Waals surface area (Å²) in [6.45, 7) is 7.76. The van der Waals surface area contributed by atoms with Gasteiger partial charge in [0.05, 0.1) is 18.1 Å². The summed E-state index contributed by atoms with van der Waals surface area (Å²) in [4.78, 5) is 14.2. The zero-order chi connectivity index (χ0) is 33.8. The van der Waals surface area contributed by atoms with Crippen LogP contribution in [0.25, 0.3) is 21.1 Å². The minimum absolute atomic E-state index is 0.0432. The van der Waals surface area contributed by atoms with E-state index in [-0.39, 0.29) is 16.5 Å². The van der Waals surface area contributed by atoms with Crippen molar-refractivity contribution < 1.29 is 21.6 Å². The molecule has 2 aliphatic heterocycles. The monoisotopic (exact) mass is 700 g/mol. The van der Waals surface area contributed by atoms with Crippen LogP contribution in [-0.2, 0) is 29.5 Å². The van der Waals surface area contributed by atoms with Crippen LogP contribution in [-0.4, -0.2) is 100 Å². The van der Waals surface area contributed by atoms with Crippen LogP contribution >= 0.6 is 11.3 Å². The van der Waals surface area contributed by atoms with E-state index >= 15 is 0 Å². The summed E-state index contributed by atoms with van der Waals surface area (Å²) in [6.07, 6.45) is 1.27. The number of nitrogens with one attached hydrogen (secondary N) is 1. The third kappa shape index (κ3) is 6.78. The van der Waals surface area contributed by atoms with E-state index in [1.54, 1.807) is 10.4 Å². The molecule has 10 nitrogen and oxygen atoms in total. The maximum absolute atomic E-state index is 13.0. The number of piperidine rings is 1. The summed E-state index contributed by atoms with van der Waals surface area (Å²) in [6, 6.07) is 10.5. The van der Waals surface area contributed by atoms with Crippen LogP contribution < -0.4 is 5.32 Å². The van der Waals surface area contributed by atoms with Crippen LogP contribution in [0.15, 0.2) is 30.6 Å². The lowest BCUT2D eigenvalue weighted by Crippen LogP contribution is -2.53.